The van der Waals surface area contributed by atoms with Crippen LogP contribution in [0.4, 0.5) is 0 Å². The van der Waals surface area contributed by atoms with Crippen molar-refractivity contribution in [3.63, 3.8) is 0 Å². The van der Waals surface area contributed by atoms with Gasteiger partial charge in [0.1, 0.15) is 5.60 Å². The first-order valence-electron chi connectivity index (χ1n) is 8.28. The third-order valence-electron chi connectivity index (χ3n) is 5.24. The number of carbonyl (C=O) groups is 1. The van der Waals surface area contributed by atoms with Crippen molar-refractivity contribution in [3.05, 3.63) is 47.6 Å². The van der Waals surface area contributed by atoms with Gasteiger partial charge in [0, 0.05) is 11.5 Å². The minimum Gasteiger partial charge on any atom is -0.478 e. The molecule has 126 valence electrons. The topological polar surface area (TPSA) is 49.8 Å². The molecule has 0 aromatic rings. The van der Waals surface area contributed by atoms with Crippen LogP contribution in [0.3, 0.4) is 0 Å². The van der Waals surface area contributed by atoms with Gasteiger partial charge in [-0.1, -0.05) is 43.7 Å². The standard InChI is InChI=1S/C20H28O3/c1-15(8-6-9-16(2)14-17(21)22)10-13-20-18(3,4)11-7-12-19(20,5)23-20/h6,8-10,13-14H,7,11-12H2,1-5H3,(H,21,22)/b9-6+,13-10+,15-8+,16-14?. The van der Waals surface area contributed by atoms with Crippen LogP contribution < -0.4 is 0 Å². The molecule has 1 aliphatic heterocycles. The minimum absolute atomic E-state index is 0.0117. The van der Waals surface area contributed by atoms with Gasteiger partial charge < -0.3 is 9.84 Å². The second-order valence-electron chi connectivity index (χ2n) is 7.64. The molecule has 1 saturated heterocycles. The third kappa shape index (κ3) is 3.50. The molecule has 1 heterocycles. The summed E-state index contributed by atoms with van der Waals surface area (Å²) in [4.78, 5) is 10.6. The van der Waals surface area contributed by atoms with E-state index in [4.69, 9.17) is 9.84 Å². The lowest BCUT2D eigenvalue weighted by Gasteiger charge is -2.36. The lowest BCUT2D eigenvalue weighted by atomic mass is 9.64. The van der Waals surface area contributed by atoms with E-state index in [9.17, 15) is 4.79 Å². The highest BCUT2D eigenvalue weighted by molar-refractivity contribution is 5.81. The maximum absolute atomic E-state index is 10.6. The number of epoxide rings is 1. The molecule has 2 rings (SSSR count). The molecular formula is C20H28O3. The Morgan fingerprint density at radius 2 is 1.78 bits per heavy atom. The average Bonchev–Trinajstić information content (AvgIpc) is 3.03. The normalized spacial score (nSPS) is 34.0. The monoisotopic (exact) mass is 316 g/mol. The summed E-state index contributed by atoms with van der Waals surface area (Å²) in [5.74, 6) is -0.920. The molecule has 0 amide bonds. The van der Waals surface area contributed by atoms with Crippen molar-refractivity contribution in [1.29, 1.82) is 0 Å². The Labute approximate surface area is 139 Å². The summed E-state index contributed by atoms with van der Waals surface area (Å²) in [5, 5.41) is 8.68. The summed E-state index contributed by atoms with van der Waals surface area (Å²) < 4.78 is 6.20. The number of rotatable bonds is 5. The number of hydrogen-bond donors (Lipinski definition) is 1. The molecule has 1 N–H and O–H groups in total. The van der Waals surface area contributed by atoms with Crippen molar-refractivity contribution in [3.8, 4) is 0 Å². The van der Waals surface area contributed by atoms with Gasteiger partial charge in [-0.3, -0.25) is 0 Å². The number of aliphatic carboxylic acids is 1. The Balaban J connectivity index is 2.07. The van der Waals surface area contributed by atoms with E-state index in [1.54, 1.807) is 13.0 Å². The second kappa shape index (κ2) is 6.12. The molecule has 1 saturated carbocycles. The highest BCUT2D eigenvalue weighted by atomic mass is 16.6. The van der Waals surface area contributed by atoms with Crippen LogP contribution in [0.25, 0.3) is 0 Å². The number of carboxylic acid groups (broad SMARTS) is 1. The Morgan fingerprint density at radius 3 is 2.39 bits per heavy atom. The van der Waals surface area contributed by atoms with Gasteiger partial charge in [0.15, 0.2) is 0 Å². The first kappa shape index (κ1) is 17.7. The zero-order valence-corrected chi connectivity index (χ0v) is 14.8. The molecule has 2 fully saturated rings. The van der Waals surface area contributed by atoms with Crippen LogP contribution in [0.2, 0.25) is 0 Å². The quantitative estimate of drug-likeness (QED) is 0.450. The van der Waals surface area contributed by atoms with E-state index in [2.05, 4.69) is 32.9 Å². The molecule has 0 aromatic carbocycles. The van der Waals surface area contributed by atoms with Crippen molar-refractivity contribution < 1.29 is 14.6 Å². The molecule has 3 heteroatoms. The van der Waals surface area contributed by atoms with Crippen LogP contribution in [-0.2, 0) is 9.53 Å². The smallest absolute Gasteiger partial charge is 0.328 e. The summed E-state index contributed by atoms with van der Waals surface area (Å²) in [7, 11) is 0. The largest absolute Gasteiger partial charge is 0.478 e. The Bertz CT molecular complexity index is 606. The van der Waals surface area contributed by atoms with Gasteiger partial charge in [-0.25, -0.2) is 4.79 Å². The lowest BCUT2D eigenvalue weighted by molar-refractivity contribution is -0.131. The van der Waals surface area contributed by atoms with E-state index in [1.165, 1.54) is 18.9 Å². The van der Waals surface area contributed by atoms with E-state index in [0.29, 0.717) is 0 Å². The predicted molar refractivity (Wildman–Crippen MR) is 93.3 cm³/mol. The summed E-state index contributed by atoms with van der Waals surface area (Å²) in [5.41, 5.74) is 1.85. The van der Waals surface area contributed by atoms with Crippen LogP contribution in [0, 0.1) is 5.41 Å². The predicted octanol–water partition coefficient (Wildman–Crippen LogP) is 4.81. The Kier molecular flexibility index (Phi) is 4.72. The second-order valence-corrected chi connectivity index (χ2v) is 7.64. The minimum atomic E-state index is -0.920. The lowest BCUT2D eigenvalue weighted by Crippen LogP contribution is -2.41. The summed E-state index contributed by atoms with van der Waals surface area (Å²) in [6.45, 7) is 10.6. The molecular weight excluding hydrogens is 288 g/mol. The van der Waals surface area contributed by atoms with Crippen molar-refractivity contribution in [1.82, 2.24) is 0 Å². The molecule has 1 aliphatic carbocycles. The third-order valence-corrected chi connectivity index (χ3v) is 5.24. The van der Waals surface area contributed by atoms with Crippen molar-refractivity contribution in [2.45, 2.75) is 65.1 Å². The maximum Gasteiger partial charge on any atom is 0.328 e. The van der Waals surface area contributed by atoms with Crippen molar-refractivity contribution in [2.75, 3.05) is 0 Å². The number of carboxylic acids is 1. The highest BCUT2D eigenvalue weighted by Crippen LogP contribution is 2.66. The maximum atomic E-state index is 10.6. The van der Waals surface area contributed by atoms with E-state index >= 15 is 0 Å². The fourth-order valence-corrected chi connectivity index (χ4v) is 3.81. The summed E-state index contributed by atoms with van der Waals surface area (Å²) in [6.07, 6.45) is 14.8. The first-order chi connectivity index (χ1) is 10.6. The number of allylic oxidation sites excluding steroid dienone is 6. The van der Waals surface area contributed by atoms with Crippen LogP contribution in [0.15, 0.2) is 47.6 Å². The van der Waals surface area contributed by atoms with Gasteiger partial charge in [-0.15, -0.1) is 0 Å². The molecule has 0 radical (unpaired) electrons. The van der Waals surface area contributed by atoms with Gasteiger partial charge in [0.2, 0.25) is 0 Å². The first-order valence-corrected chi connectivity index (χ1v) is 8.28. The van der Waals surface area contributed by atoms with E-state index < -0.39 is 5.97 Å². The molecule has 2 unspecified atom stereocenters. The fourth-order valence-electron chi connectivity index (χ4n) is 3.81. The summed E-state index contributed by atoms with van der Waals surface area (Å²) >= 11 is 0. The van der Waals surface area contributed by atoms with E-state index in [1.807, 2.05) is 19.1 Å². The van der Waals surface area contributed by atoms with Gasteiger partial charge in [-0.05, 0) is 51.7 Å². The highest BCUT2D eigenvalue weighted by Gasteiger charge is 2.73. The SMILES string of the molecule is CC(=CC(=O)O)/C=C/C=C(C)/C=C/C12OC1(C)CCCC2(C)C. The van der Waals surface area contributed by atoms with Gasteiger partial charge in [0.05, 0.1) is 5.60 Å². The van der Waals surface area contributed by atoms with Crippen LogP contribution in [0.5, 0.6) is 0 Å². The van der Waals surface area contributed by atoms with Gasteiger partial charge in [-0.2, -0.15) is 0 Å². The molecule has 2 aliphatic rings. The molecule has 3 nitrogen and oxygen atoms in total. The van der Waals surface area contributed by atoms with Crippen LogP contribution in [-0.4, -0.2) is 22.3 Å². The van der Waals surface area contributed by atoms with Gasteiger partial charge in [0.25, 0.3) is 0 Å². The van der Waals surface area contributed by atoms with Crippen molar-refractivity contribution >= 4 is 5.97 Å². The molecule has 0 bridgehead atoms. The molecule has 0 spiro atoms. The van der Waals surface area contributed by atoms with Crippen LogP contribution >= 0.6 is 0 Å². The molecule has 0 aromatic heterocycles. The van der Waals surface area contributed by atoms with E-state index in [0.717, 1.165) is 17.6 Å². The van der Waals surface area contributed by atoms with Crippen LogP contribution in [0.1, 0.15) is 53.9 Å². The van der Waals surface area contributed by atoms with Crippen molar-refractivity contribution in [2.24, 2.45) is 5.41 Å². The number of hydrogen-bond acceptors (Lipinski definition) is 2. The number of ether oxygens (including phenoxy) is 1. The van der Waals surface area contributed by atoms with E-state index in [-0.39, 0.29) is 16.6 Å². The zero-order valence-electron chi connectivity index (χ0n) is 14.8. The Hall–Kier alpha value is -1.61. The molecule has 23 heavy (non-hydrogen) atoms. The zero-order chi connectivity index (χ0) is 17.3. The Morgan fingerprint density at radius 1 is 1.09 bits per heavy atom. The molecule has 2 atom stereocenters. The fraction of sp³-hybridized carbons (Fsp3) is 0.550. The van der Waals surface area contributed by atoms with Gasteiger partial charge >= 0.3 is 5.97 Å². The average molecular weight is 316 g/mol. The summed E-state index contributed by atoms with van der Waals surface area (Å²) in [6, 6.07) is 0. The number of fused-ring (bicyclic) bond motifs is 1.